The smallest absolute Gasteiger partial charge is 0.0143 e. The van der Waals surface area contributed by atoms with Crippen molar-refractivity contribution >= 4 is 23.5 Å². The second-order valence-electron chi connectivity index (χ2n) is 9.95. The molecule has 1 atom stereocenters. The lowest BCUT2D eigenvalue weighted by Crippen LogP contribution is -2.19. The monoisotopic (exact) mass is 332 g/mol. The van der Waals surface area contributed by atoms with Gasteiger partial charge in [-0.3, -0.25) is 0 Å². The highest BCUT2D eigenvalue weighted by atomic mass is 32.2. The molecule has 21 heavy (non-hydrogen) atoms. The first kappa shape index (κ1) is 21.7. The first-order chi connectivity index (χ1) is 9.29. The molecule has 0 amide bonds. The summed E-state index contributed by atoms with van der Waals surface area (Å²) < 4.78 is 0. The molecule has 0 aromatic rings. The topological polar surface area (TPSA) is 0 Å². The molecule has 128 valence electrons. The molecular formula is C19H40S2. The molecule has 0 aliphatic heterocycles. The van der Waals surface area contributed by atoms with Gasteiger partial charge < -0.3 is 0 Å². The Morgan fingerprint density at radius 3 is 1.57 bits per heavy atom. The summed E-state index contributed by atoms with van der Waals surface area (Å²) in [5.74, 6) is 3.94. The van der Waals surface area contributed by atoms with Gasteiger partial charge in [0.2, 0.25) is 0 Å². The van der Waals surface area contributed by atoms with Crippen molar-refractivity contribution in [2.45, 2.75) is 86.8 Å². The lowest BCUT2D eigenvalue weighted by atomic mass is 9.91. The summed E-state index contributed by atoms with van der Waals surface area (Å²) in [5, 5.41) is 0.817. The fourth-order valence-electron chi connectivity index (χ4n) is 1.97. The third kappa shape index (κ3) is 16.9. The Kier molecular flexibility index (Phi) is 9.41. The fraction of sp³-hybridized carbons (Fsp3) is 1.00. The van der Waals surface area contributed by atoms with Gasteiger partial charge in [-0.05, 0) is 47.0 Å². The van der Waals surface area contributed by atoms with Crippen LogP contribution in [-0.2, 0) is 0 Å². The van der Waals surface area contributed by atoms with E-state index in [2.05, 4.69) is 85.8 Å². The minimum Gasteiger partial charge on any atom is -0.161 e. The van der Waals surface area contributed by atoms with Gasteiger partial charge in [0.15, 0.2) is 0 Å². The van der Waals surface area contributed by atoms with E-state index >= 15 is 0 Å². The largest absolute Gasteiger partial charge is 0.161 e. The van der Waals surface area contributed by atoms with Gasteiger partial charge in [0.25, 0.3) is 0 Å². The molecule has 0 radical (unpaired) electrons. The number of hydrogen-bond acceptors (Lipinski definition) is 2. The zero-order valence-electron chi connectivity index (χ0n) is 16.1. The van der Waals surface area contributed by atoms with Gasteiger partial charge >= 0.3 is 0 Å². The van der Waals surface area contributed by atoms with Crippen LogP contribution in [0.15, 0.2) is 0 Å². The van der Waals surface area contributed by atoms with Crippen LogP contribution >= 0.6 is 23.5 Å². The zero-order chi connectivity index (χ0) is 16.7. The highest BCUT2D eigenvalue weighted by molar-refractivity contribution is 8.03. The Morgan fingerprint density at radius 1 is 0.667 bits per heavy atom. The van der Waals surface area contributed by atoms with Gasteiger partial charge in [-0.2, -0.15) is 23.5 Å². The van der Waals surface area contributed by atoms with Gasteiger partial charge in [0.05, 0.1) is 0 Å². The quantitative estimate of drug-likeness (QED) is 0.433. The summed E-state index contributed by atoms with van der Waals surface area (Å²) in [6, 6.07) is 0. The van der Waals surface area contributed by atoms with Gasteiger partial charge in [0.1, 0.15) is 0 Å². The third-order valence-electron chi connectivity index (χ3n) is 3.35. The maximum atomic E-state index is 2.38. The first-order valence-corrected chi connectivity index (χ1v) is 10.7. The van der Waals surface area contributed by atoms with E-state index in [-0.39, 0.29) is 0 Å². The Hall–Kier alpha value is 0.700. The number of thioether (sulfide) groups is 2. The lowest BCUT2D eigenvalue weighted by Gasteiger charge is -2.27. The Balaban J connectivity index is 4.15. The maximum absolute atomic E-state index is 2.38. The molecule has 0 aromatic carbocycles. The highest BCUT2D eigenvalue weighted by Crippen LogP contribution is 2.33. The Labute approximate surface area is 144 Å². The van der Waals surface area contributed by atoms with Crippen molar-refractivity contribution < 1.29 is 0 Å². The molecular weight excluding hydrogens is 292 g/mol. The molecule has 1 unspecified atom stereocenters. The zero-order valence-corrected chi connectivity index (χ0v) is 17.8. The highest BCUT2D eigenvalue weighted by Gasteiger charge is 2.20. The molecule has 0 aliphatic rings. The summed E-state index contributed by atoms with van der Waals surface area (Å²) >= 11 is 4.38. The summed E-state index contributed by atoms with van der Waals surface area (Å²) in [7, 11) is 0. The van der Waals surface area contributed by atoms with Crippen LogP contribution in [0.25, 0.3) is 0 Å². The van der Waals surface area contributed by atoms with Gasteiger partial charge in [-0.1, -0.05) is 62.3 Å². The summed E-state index contributed by atoms with van der Waals surface area (Å²) in [5.41, 5.74) is 1.40. The van der Waals surface area contributed by atoms with Crippen LogP contribution in [0.4, 0.5) is 0 Å². The summed E-state index contributed by atoms with van der Waals surface area (Å²) in [6.07, 6.45) is 3.99. The van der Waals surface area contributed by atoms with Crippen LogP contribution in [0.2, 0.25) is 0 Å². The Bertz CT molecular complexity index is 263. The predicted molar refractivity (Wildman–Crippen MR) is 106 cm³/mol. The Morgan fingerprint density at radius 2 is 1.14 bits per heavy atom. The average molecular weight is 333 g/mol. The first-order valence-electron chi connectivity index (χ1n) is 8.48. The number of hydrogen-bond donors (Lipinski definition) is 0. The normalized spacial score (nSPS) is 15.3. The van der Waals surface area contributed by atoms with Crippen molar-refractivity contribution in [3.05, 3.63) is 0 Å². The van der Waals surface area contributed by atoms with E-state index in [0.717, 1.165) is 5.25 Å². The maximum Gasteiger partial charge on any atom is 0.0143 e. The molecule has 0 nitrogen and oxygen atoms in total. The van der Waals surface area contributed by atoms with Gasteiger partial charge in [-0.15, -0.1) is 0 Å². The van der Waals surface area contributed by atoms with E-state index < -0.39 is 0 Å². The summed E-state index contributed by atoms with van der Waals surface area (Å²) in [4.78, 5) is 0. The molecule has 0 saturated carbocycles. The summed E-state index contributed by atoms with van der Waals surface area (Å²) in [6.45, 7) is 21.2. The predicted octanol–water partition coefficient (Wildman–Crippen LogP) is 7.13. The van der Waals surface area contributed by atoms with Crippen molar-refractivity contribution in [1.82, 2.24) is 0 Å². The van der Waals surface area contributed by atoms with E-state index in [0.29, 0.717) is 16.2 Å². The molecule has 0 saturated heterocycles. The van der Waals surface area contributed by atoms with Crippen molar-refractivity contribution in [3.8, 4) is 0 Å². The van der Waals surface area contributed by atoms with Crippen LogP contribution < -0.4 is 0 Å². The van der Waals surface area contributed by atoms with Crippen LogP contribution in [0.3, 0.4) is 0 Å². The third-order valence-corrected chi connectivity index (χ3v) is 5.93. The molecule has 0 N–H and O–H groups in total. The van der Waals surface area contributed by atoms with Crippen LogP contribution in [0.1, 0.15) is 81.6 Å². The fourth-order valence-corrected chi connectivity index (χ4v) is 5.63. The number of rotatable bonds is 8. The van der Waals surface area contributed by atoms with E-state index in [1.165, 1.54) is 36.5 Å². The second kappa shape index (κ2) is 9.11. The molecule has 0 rings (SSSR count). The van der Waals surface area contributed by atoms with Crippen LogP contribution in [-0.4, -0.2) is 22.5 Å². The molecule has 0 fully saturated rings. The van der Waals surface area contributed by atoms with Crippen molar-refractivity contribution in [2.75, 3.05) is 17.3 Å². The SMILES string of the molecule is CC(C)(C)CCSCC(CC(C)(C)C)SCCC(C)(C)C. The van der Waals surface area contributed by atoms with E-state index in [4.69, 9.17) is 0 Å². The molecule has 0 aliphatic carbocycles. The van der Waals surface area contributed by atoms with E-state index in [1.807, 2.05) is 0 Å². The van der Waals surface area contributed by atoms with Crippen molar-refractivity contribution in [3.63, 3.8) is 0 Å². The van der Waals surface area contributed by atoms with Crippen LogP contribution in [0.5, 0.6) is 0 Å². The molecule has 0 spiro atoms. The second-order valence-corrected chi connectivity index (χ2v) is 12.5. The molecule has 2 heteroatoms. The lowest BCUT2D eigenvalue weighted by molar-refractivity contribution is 0.378. The van der Waals surface area contributed by atoms with Crippen molar-refractivity contribution in [2.24, 2.45) is 16.2 Å². The molecule has 0 aromatic heterocycles. The van der Waals surface area contributed by atoms with Gasteiger partial charge in [-0.25, -0.2) is 0 Å². The molecule has 0 heterocycles. The minimum absolute atomic E-state index is 0.448. The average Bonchev–Trinajstić information content (AvgIpc) is 2.18. The minimum atomic E-state index is 0.448. The van der Waals surface area contributed by atoms with Crippen LogP contribution in [0, 0.1) is 16.2 Å². The van der Waals surface area contributed by atoms with Gasteiger partial charge in [0, 0.05) is 11.0 Å². The standard InChI is InChI=1S/C19H40S2/c1-17(2,3)10-12-20-15-16(14-19(7,8)9)21-13-11-18(4,5)6/h16H,10-15H2,1-9H3. The molecule has 0 bridgehead atoms. The van der Waals surface area contributed by atoms with E-state index in [9.17, 15) is 0 Å². The van der Waals surface area contributed by atoms with Crippen molar-refractivity contribution in [1.29, 1.82) is 0 Å². The van der Waals surface area contributed by atoms with E-state index in [1.54, 1.807) is 0 Å².